The first kappa shape index (κ1) is 12.8. The lowest BCUT2D eigenvalue weighted by Crippen LogP contribution is -1.90. The largest absolute Gasteiger partial charge is 0.342 e. The van der Waals surface area contributed by atoms with E-state index in [1.165, 1.54) is 10.9 Å². The number of imidazole rings is 1. The van der Waals surface area contributed by atoms with Crippen LogP contribution >= 0.6 is 27.3 Å². The quantitative estimate of drug-likeness (QED) is 0.733. The SMILES string of the molecule is Fc1cc2[nH]c(CCCc3cccs3)nc2cc1Br. The molecule has 2 nitrogen and oxygen atoms in total. The first-order chi connectivity index (χ1) is 9.22. The third-order valence-corrected chi connectivity index (χ3v) is 4.53. The van der Waals surface area contributed by atoms with Crippen LogP contribution in [0.2, 0.25) is 0 Å². The van der Waals surface area contributed by atoms with Crippen LogP contribution in [0.15, 0.2) is 34.1 Å². The molecule has 0 saturated carbocycles. The summed E-state index contributed by atoms with van der Waals surface area (Å²) in [5.41, 5.74) is 1.56. The zero-order valence-corrected chi connectivity index (χ0v) is 12.5. The topological polar surface area (TPSA) is 28.7 Å². The number of benzene rings is 1. The molecule has 0 amide bonds. The van der Waals surface area contributed by atoms with Gasteiger partial charge in [-0.2, -0.15) is 0 Å². The molecule has 3 rings (SSSR count). The number of aryl methyl sites for hydroxylation is 2. The Morgan fingerprint density at radius 1 is 1.32 bits per heavy atom. The molecule has 0 aliphatic rings. The van der Waals surface area contributed by atoms with Crippen molar-refractivity contribution < 1.29 is 4.39 Å². The highest BCUT2D eigenvalue weighted by atomic mass is 79.9. The number of hydrogen-bond acceptors (Lipinski definition) is 2. The highest BCUT2D eigenvalue weighted by Gasteiger charge is 2.07. The second-order valence-corrected chi connectivity index (χ2v) is 6.29. The average Bonchev–Trinajstić information content (AvgIpc) is 2.99. The van der Waals surface area contributed by atoms with Crippen LogP contribution in [-0.2, 0) is 12.8 Å². The van der Waals surface area contributed by atoms with Crippen LogP contribution in [0.1, 0.15) is 17.1 Å². The Hall–Kier alpha value is -1.20. The average molecular weight is 339 g/mol. The molecule has 0 fully saturated rings. The maximum absolute atomic E-state index is 13.4. The van der Waals surface area contributed by atoms with Gasteiger partial charge in [0.25, 0.3) is 0 Å². The zero-order chi connectivity index (χ0) is 13.2. The molecule has 3 aromatic rings. The zero-order valence-electron chi connectivity index (χ0n) is 10.1. The normalized spacial score (nSPS) is 11.3. The van der Waals surface area contributed by atoms with Gasteiger partial charge in [-0.1, -0.05) is 6.07 Å². The Morgan fingerprint density at radius 2 is 2.21 bits per heavy atom. The summed E-state index contributed by atoms with van der Waals surface area (Å²) in [5.74, 6) is 0.658. The van der Waals surface area contributed by atoms with Gasteiger partial charge in [0, 0.05) is 17.4 Å². The van der Waals surface area contributed by atoms with Gasteiger partial charge in [-0.15, -0.1) is 11.3 Å². The molecule has 2 aromatic heterocycles. The van der Waals surface area contributed by atoms with Crippen molar-refractivity contribution in [3.63, 3.8) is 0 Å². The lowest BCUT2D eigenvalue weighted by Gasteiger charge is -1.95. The van der Waals surface area contributed by atoms with Gasteiger partial charge in [0.1, 0.15) is 11.6 Å². The second-order valence-electron chi connectivity index (χ2n) is 4.40. The molecule has 0 saturated heterocycles. The summed E-state index contributed by atoms with van der Waals surface area (Å²) in [6.07, 6.45) is 2.99. The van der Waals surface area contributed by atoms with Crippen molar-refractivity contribution in [3.05, 3.63) is 50.6 Å². The fourth-order valence-corrected chi connectivity index (χ4v) is 3.14. The van der Waals surface area contributed by atoms with Gasteiger partial charge in [0.05, 0.1) is 15.5 Å². The number of fused-ring (bicyclic) bond motifs is 1. The van der Waals surface area contributed by atoms with E-state index in [-0.39, 0.29) is 5.82 Å². The Balaban J connectivity index is 1.71. The number of H-pyrrole nitrogens is 1. The minimum absolute atomic E-state index is 0.263. The summed E-state index contributed by atoms with van der Waals surface area (Å²) in [5, 5.41) is 2.09. The van der Waals surface area contributed by atoms with Crippen LogP contribution < -0.4 is 0 Å². The molecule has 0 radical (unpaired) electrons. The van der Waals surface area contributed by atoms with Gasteiger partial charge in [0.2, 0.25) is 0 Å². The number of rotatable bonds is 4. The molecule has 0 unspecified atom stereocenters. The Labute approximate surface area is 122 Å². The predicted molar refractivity (Wildman–Crippen MR) is 80.1 cm³/mol. The summed E-state index contributed by atoms with van der Waals surface area (Å²) in [6, 6.07) is 7.41. The van der Waals surface area contributed by atoms with Gasteiger partial charge < -0.3 is 4.98 Å². The molecular weight excluding hydrogens is 327 g/mol. The Bertz CT molecular complexity index is 652. The van der Waals surface area contributed by atoms with Crippen molar-refractivity contribution >= 4 is 38.3 Å². The van der Waals surface area contributed by atoms with E-state index in [4.69, 9.17) is 0 Å². The first-order valence-corrected chi connectivity index (χ1v) is 7.75. The minimum Gasteiger partial charge on any atom is -0.342 e. The summed E-state index contributed by atoms with van der Waals surface area (Å²) in [7, 11) is 0. The lowest BCUT2D eigenvalue weighted by molar-refractivity contribution is 0.623. The highest BCUT2D eigenvalue weighted by molar-refractivity contribution is 9.10. The molecule has 2 heterocycles. The molecule has 0 aliphatic carbocycles. The number of halogens is 2. The maximum atomic E-state index is 13.4. The van der Waals surface area contributed by atoms with Gasteiger partial charge in [-0.05, 0) is 46.3 Å². The number of aromatic amines is 1. The summed E-state index contributed by atoms with van der Waals surface area (Å²) in [4.78, 5) is 9.05. The lowest BCUT2D eigenvalue weighted by atomic mass is 10.2. The molecule has 98 valence electrons. The van der Waals surface area contributed by atoms with Crippen LogP contribution in [0.3, 0.4) is 0 Å². The molecule has 1 N–H and O–H groups in total. The van der Waals surface area contributed by atoms with Crippen LogP contribution in [0.5, 0.6) is 0 Å². The van der Waals surface area contributed by atoms with E-state index in [2.05, 4.69) is 43.4 Å². The number of nitrogens with one attached hydrogen (secondary N) is 1. The van der Waals surface area contributed by atoms with E-state index in [1.807, 2.05) is 0 Å². The van der Waals surface area contributed by atoms with E-state index in [0.29, 0.717) is 4.47 Å². The van der Waals surface area contributed by atoms with Crippen molar-refractivity contribution in [1.82, 2.24) is 9.97 Å². The standard InChI is InChI=1S/C14H12BrFN2S/c15-10-7-12-13(8-11(10)16)18-14(17-12)5-1-3-9-4-2-6-19-9/h2,4,6-8H,1,3,5H2,(H,17,18). The van der Waals surface area contributed by atoms with Crippen LogP contribution in [-0.4, -0.2) is 9.97 Å². The van der Waals surface area contributed by atoms with Crippen molar-refractivity contribution in [2.75, 3.05) is 0 Å². The number of aromatic nitrogens is 2. The van der Waals surface area contributed by atoms with Gasteiger partial charge in [0.15, 0.2) is 0 Å². The molecule has 0 spiro atoms. The van der Waals surface area contributed by atoms with Crippen molar-refractivity contribution in [3.8, 4) is 0 Å². The van der Waals surface area contributed by atoms with E-state index >= 15 is 0 Å². The number of thiophene rings is 1. The molecule has 0 aliphatic heterocycles. The van der Waals surface area contributed by atoms with Crippen molar-refractivity contribution in [2.24, 2.45) is 0 Å². The third-order valence-electron chi connectivity index (χ3n) is 2.99. The minimum atomic E-state index is -0.263. The molecule has 19 heavy (non-hydrogen) atoms. The first-order valence-electron chi connectivity index (χ1n) is 6.08. The third kappa shape index (κ3) is 2.87. The van der Waals surface area contributed by atoms with Gasteiger partial charge >= 0.3 is 0 Å². The van der Waals surface area contributed by atoms with E-state index in [9.17, 15) is 4.39 Å². The maximum Gasteiger partial charge on any atom is 0.139 e. The Morgan fingerprint density at radius 3 is 3.00 bits per heavy atom. The van der Waals surface area contributed by atoms with E-state index in [1.54, 1.807) is 17.4 Å². The summed E-state index contributed by atoms with van der Waals surface area (Å²) < 4.78 is 13.9. The molecule has 5 heteroatoms. The second kappa shape index (κ2) is 5.43. The fourth-order valence-electron chi connectivity index (χ4n) is 2.06. The predicted octanol–water partition coefficient (Wildman–Crippen LogP) is 4.70. The van der Waals surface area contributed by atoms with E-state index < -0.39 is 0 Å². The number of nitrogens with zero attached hydrogens (tertiary/aromatic N) is 1. The number of hydrogen-bond donors (Lipinski definition) is 1. The molecule has 0 atom stereocenters. The van der Waals surface area contributed by atoms with Crippen LogP contribution in [0, 0.1) is 5.82 Å². The smallest absolute Gasteiger partial charge is 0.139 e. The molecular formula is C14H12BrFN2S. The molecule has 1 aromatic carbocycles. The summed E-state index contributed by atoms with van der Waals surface area (Å²) >= 11 is 4.96. The highest BCUT2D eigenvalue weighted by Crippen LogP contribution is 2.22. The Kier molecular flexibility index (Phi) is 3.66. The monoisotopic (exact) mass is 338 g/mol. The van der Waals surface area contributed by atoms with Crippen molar-refractivity contribution in [1.29, 1.82) is 0 Å². The molecule has 0 bridgehead atoms. The van der Waals surface area contributed by atoms with Gasteiger partial charge in [-0.25, -0.2) is 9.37 Å². The fraction of sp³-hybridized carbons (Fsp3) is 0.214. The van der Waals surface area contributed by atoms with Crippen molar-refractivity contribution in [2.45, 2.75) is 19.3 Å². The van der Waals surface area contributed by atoms with E-state index in [0.717, 1.165) is 36.1 Å². The summed E-state index contributed by atoms with van der Waals surface area (Å²) in [6.45, 7) is 0. The van der Waals surface area contributed by atoms with Crippen LogP contribution in [0.4, 0.5) is 4.39 Å². The van der Waals surface area contributed by atoms with Gasteiger partial charge in [-0.3, -0.25) is 0 Å². The van der Waals surface area contributed by atoms with Crippen LogP contribution in [0.25, 0.3) is 11.0 Å².